The number of aliphatic hydroxyl groups excluding tert-OH is 1. The van der Waals surface area contributed by atoms with E-state index in [-0.39, 0.29) is 11.1 Å². The van der Waals surface area contributed by atoms with E-state index in [1.165, 1.54) is 18.2 Å². The lowest BCUT2D eigenvalue weighted by Gasteiger charge is -2.15. The molecular formula is C15H12F4O2. The van der Waals surface area contributed by atoms with Crippen LogP contribution in [-0.2, 0) is 0 Å². The van der Waals surface area contributed by atoms with Crippen molar-refractivity contribution in [3.8, 4) is 5.75 Å². The quantitative estimate of drug-likeness (QED) is 0.864. The number of aryl methyl sites for hydroxylation is 1. The van der Waals surface area contributed by atoms with E-state index < -0.39 is 24.0 Å². The molecule has 0 bridgehead atoms. The van der Waals surface area contributed by atoms with Crippen molar-refractivity contribution in [3.63, 3.8) is 0 Å². The fraction of sp³-hybridized carbons (Fsp3) is 0.200. The van der Waals surface area contributed by atoms with Gasteiger partial charge in [-0.15, -0.1) is 13.2 Å². The van der Waals surface area contributed by atoms with Crippen molar-refractivity contribution < 1.29 is 27.4 Å². The molecule has 0 saturated carbocycles. The fourth-order valence-corrected chi connectivity index (χ4v) is 2.00. The smallest absolute Gasteiger partial charge is 0.406 e. The zero-order valence-corrected chi connectivity index (χ0v) is 11.0. The third-order valence-electron chi connectivity index (χ3n) is 2.79. The average Bonchev–Trinajstić information content (AvgIpc) is 2.35. The Hall–Kier alpha value is -2.08. The summed E-state index contributed by atoms with van der Waals surface area (Å²) in [6.07, 6.45) is -6.05. The van der Waals surface area contributed by atoms with Gasteiger partial charge in [0.1, 0.15) is 17.7 Å². The molecule has 0 heterocycles. The Balaban J connectivity index is 2.30. The molecule has 1 N–H and O–H groups in total. The minimum atomic E-state index is -4.81. The summed E-state index contributed by atoms with van der Waals surface area (Å²) in [6, 6.07) is 8.94. The highest BCUT2D eigenvalue weighted by atomic mass is 19.4. The second-order valence-electron chi connectivity index (χ2n) is 4.58. The van der Waals surface area contributed by atoms with E-state index in [0.29, 0.717) is 5.56 Å². The van der Waals surface area contributed by atoms with Gasteiger partial charge in [-0.2, -0.15) is 0 Å². The number of halogens is 4. The van der Waals surface area contributed by atoms with Gasteiger partial charge >= 0.3 is 6.36 Å². The Morgan fingerprint density at radius 3 is 2.38 bits per heavy atom. The number of benzene rings is 2. The first-order chi connectivity index (χ1) is 9.74. The standard InChI is InChI=1S/C15H12F4O2/c1-9-5-11(7-12(16)6-9)14(20)10-3-2-4-13(8-10)21-15(17,18)19/h2-8,14,20H,1H3. The van der Waals surface area contributed by atoms with Crippen LogP contribution < -0.4 is 4.74 Å². The number of hydrogen-bond acceptors (Lipinski definition) is 2. The van der Waals surface area contributed by atoms with Crippen LogP contribution in [0.5, 0.6) is 5.75 Å². The van der Waals surface area contributed by atoms with Crippen molar-refractivity contribution in [2.24, 2.45) is 0 Å². The highest BCUT2D eigenvalue weighted by molar-refractivity contribution is 5.36. The Bertz CT molecular complexity index is 618. The van der Waals surface area contributed by atoms with Gasteiger partial charge in [0.05, 0.1) is 0 Å². The fourth-order valence-electron chi connectivity index (χ4n) is 2.00. The number of rotatable bonds is 3. The lowest BCUT2D eigenvalue weighted by atomic mass is 9.99. The van der Waals surface area contributed by atoms with Gasteiger partial charge in [-0.05, 0) is 47.9 Å². The maximum Gasteiger partial charge on any atom is 0.573 e. The van der Waals surface area contributed by atoms with Crippen LogP contribution in [0.1, 0.15) is 22.8 Å². The predicted octanol–water partition coefficient (Wildman–Crippen LogP) is 4.11. The number of hydrogen-bond donors (Lipinski definition) is 1. The summed E-state index contributed by atoms with van der Waals surface area (Å²) >= 11 is 0. The van der Waals surface area contributed by atoms with Crippen molar-refractivity contribution in [3.05, 3.63) is 65.0 Å². The third kappa shape index (κ3) is 4.19. The molecule has 2 rings (SSSR count). The zero-order chi connectivity index (χ0) is 15.6. The summed E-state index contributed by atoms with van der Waals surface area (Å²) in [4.78, 5) is 0. The first-order valence-electron chi connectivity index (χ1n) is 6.05. The van der Waals surface area contributed by atoms with Crippen LogP contribution in [0, 0.1) is 12.7 Å². The van der Waals surface area contributed by atoms with Crippen LogP contribution in [0.2, 0.25) is 0 Å². The Morgan fingerprint density at radius 2 is 1.76 bits per heavy atom. The molecule has 0 spiro atoms. The molecule has 0 aliphatic heterocycles. The molecule has 0 aliphatic carbocycles. The maximum absolute atomic E-state index is 13.3. The Labute approximate surface area is 118 Å². The van der Waals surface area contributed by atoms with E-state index >= 15 is 0 Å². The van der Waals surface area contributed by atoms with Crippen molar-refractivity contribution in [2.45, 2.75) is 19.4 Å². The third-order valence-corrected chi connectivity index (χ3v) is 2.79. The molecule has 1 unspecified atom stereocenters. The first kappa shape index (κ1) is 15.3. The van der Waals surface area contributed by atoms with Crippen molar-refractivity contribution in [1.82, 2.24) is 0 Å². The zero-order valence-electron chi connectivity index (χ0n) is 11.0. The maximum atomic E-state index is 13.3. The van der Waals surface area contributed by atoms with E-state index in [1.807, 2.05) is 0 Å². The van der Waals surface area contributed by atoms with E-state index in [0.717, 1.165) is 18.2 Å². The van der Waals surface area contributed by atoms with Crippen LogP contribution in [0.25, 0.3) is 0 Å². The van der Waals surface area contributed by atoms with Crippen molar-refractivity contribution in [2.75, 3.05) is 0 Å². The number of ether oxygens (including phenoxy) is 1. The second kappa shape index (κ2) is 5.73. The summed E-state index contributed by atoms with van der Waals surface area (Å²) < 4.78 is 53.6. The summed E-state index contributed by atoms with van der Waals surface area (Å²) in [5.74, 6) is -0.959. The van der Waals surface area contributed by atoms with E-state index in [2.05, 4.69) is 4.74 Å². The normalized spacial score (nSPS) is 13.0. The molecule has 1 atom stereocenters. The highest BCUT2D eigenvalue weighted by Crippen LogP contribution is 2.29. The number of alkyl halides is 3. The Kier molecular flexibility index (Phi) is 4.18. The van der Waals surface area contributed by atoms with Gasteiger partial charge in [0.15, 0.2) is 0 Å². The lowest BCUT2D eigenvalue weighted by molar-refractivity contribution is -0.274. The second-order valence-corrected chi connectivity index (χ2v) is 4.58. The monoisotopic (exact) mass is 300 g/mol. The summed E-state index contributed by atoms with van der Waals surface area (Å²) in [6.45, 7) is 1.66. The molecule has 0 fully saturated rings. The molecule has 0 aliphatic rings. The summed E-state index contributed by atoms with van der Waals surface area (Å²) in [5, 5.41) is 10.2. The van der Waals surface area contributed by atoms with Gasteiger partial charge in [0.25, 0.3) is 0 Å². The molecule has 0 radical (unpaired) electrons. The summed E-state index contributed by atoms with van der Waals surface area (Å²) in [5.41, 5.74) is 1.05. The van der Waals surface area contributed by atoms with Gasteiger partial charge in [-0.3, -0.25) is 0 Å². The predicted molar refractivity (Wildman–Crippen MR) is 68.3 cm³/mol. The van der Waals surface area contributed by atoms with Crippen LogP contribution in [0.15, 0.2) is 42.5 Å². The lowest BCUT2D eigenvalue weighted by Crippen LogP contribution is -2.17. The molecule has 112 valence electrons. The van der Waals surface area contributed by atoms with E-state index in [9.17, 15) is 22.7 Å². The van der Waals surface area contributed by atoms with Gasteiger partial charge in [0, 0.05) is 0 Å². The van der Waals surface area contributed by atoms with Gasteiger partial charge in [-0.1, -0.05) is 18.2 Å². The largest absolute Gasteiger partial charge is 0.573 e. The first-order valence-corrected chi connectivity index (χ1v) is 6.05. The minimum Gasteiger partial charge on any atom is -0.406 e. The molecule has 0 aromatic heterocycles. The Morgan fingerprint density at radius 1 is 1.05 bits per heavy atom. The topological polar surface area (TPSA) is 29.5 Å². The average molecular weight is 300 g/mol. The molecular weight excluding hydrogens is 288 g/mol. The van der Waals surface area contributed by atoms with Crippen molar-refractivity contribution >= 4 is 0 Å². The van der Waals surface area contributed by atoms with Crippen molar-refractivity contribution in [1.29, 1.82) is 0 Å². The number of aliphatic hydroxyl groups is 1. The highest BCUT2D eigenvalue weighted by Gasteiger charge is 2.31. The van der Waals surface area contributed by atoms with Gasteiger partial charge in [-0.25, -0.2) is 4.39 Å². The minimum absolute atomic E-state index is 0.182. The van der Waals surface area contributed by atoms with Crippen LogP contribution in [0.3, 0.4) is 0 Å². The van der Waals surface area contributed by atoms with Crippen LogP contribution >= 0.6 is 0 Å². The molecule has 0 saturated heterocycles. The van der Waals surface area contributed by atoms with E-state index in [4.69, 9.17) is 0 Å². The molecule has 6 heteroatoms. The molecule has 21 heavy (non-hydrogen) atoms. The molecule has 2 aromatic rings. The van der Waals surface area contributed by atoms with Gasteiger partial charge < -0.3 is 9.84 Å². The van der Waals surface area contributed by atoms with Crippen LogP contribution in [-0.4, -0.2) is 11.5 Å². The molecule has 2 nitrogen and oxygen atoms in total. The van der Waals surface area contributed by atoms with E-state index in [1.54, 1.807) is 13.0 Å². The molecule has 0 amide bonds. The van der Waals surface area contributed by atoms with Gasteiger partial charge in [0.2, 0.25) is 0 Å². The SMILES string of the molecule is Cc1cc(F)cc(C(O)c2cccc(OC(F)(F)F)c2)c1. The summed E-state index contributed by atoms with van der Waals surface area (Å²) in [7, 11) is 0. The molecule has 2 aromatic carbocycles. The van der Waals surface area contributed by atoms with Crippen LogP contribution in [0.4, 0.5) is 17.6 Å².